The molecular formula is C22H23NO3. The monoisotopic (exact) mass is 349 g/mol. The Morgan fingerprint density at radius 2 is 1.96 bits per heavy atom. The highest BCUT2D eigenvalue weighted by Crippen LogP contribution is 2.32. The molecule has 2 atom stereocenters. The number of ether oxygens (including phenoxy) is 1. The summed E-state index contributed by atoms with van der Waals surface area (Å²) in [7, 11) is 0. The van der Waals surface area contributed by atoms with Gasteiger partial charge in [0.25, 0.3) is 5.91 Å². The number of hydrogen-bond acceptors (Lipinski definition) is 3. The summed E-state index contributed by atoms with van der Waals surface area (Å²) in [5, 5.41) is 0. The maximum Gasteiger partial charge on any atom is 0.331 e. The Balaban J connectivity index is 1.65. The lowest BCUT2D eigenvalue weighted by molar-refractivity contribution is -0.149. The summed E-state index contributed by atoms with van der Waals surface area (Å²) < 4.78 is 5.32. The Morgan fingerprint density at radius 1 is 1.19 bits per heavy atom. The first-order valence-corrected chi connectivity index (χ1v) is 8.82. The summed E-state index contributed by atoms with van der Waals surface area (Å²) in [6.45, 7) is 5.62. The van der Waals surface area contributed by atoms with Crippen molar-refractivity contribution in [3.63, 3.8) is 0 Å². The summed E-state index contributed by atoms with van der Waals surface area (Å²) in [6, 6.07) is 15.7. The minimum Gasteiger partial charge on any atom is -0.449 e. The highest BCUT2D eigenvalue weighted by molar-refractivity contribution is 6.00. The van der Waals surface area contributed by atoms with E-state index in [9.17, 15) is 9.59 Å². The number of aryl methyl sites for hydroxylation is 1. The molecule has 0 N–H and O–H groups in total. The van der Waals surface area contributed by atoms with E-state index in [1.807, 2.05) is 62.4 Å². The summed E-state index contributed by atoms with van der Waals surface area (Å²) in [5.74, 6) is -0.716. The van der Waals surface area contributed by atoms with Gasteiger partial charge in [-0.05, 0) is 50.5 Å². The van der Waals surface area contributed by atoms with Gasteiger partial charge in [0.05, 0.1) is 0 Å². The maximum absolute atomic E-state index is 12.8. The summed E-state index contributed by atoms with van der Waals surface area (Å²) in [5.41, 5.74) is 4.09. The highest BCUT2D eigenvalue weighted by Gasteiger charge is 2.34. The van der Waals surface area contributed by atoms with Crippen molar-refractivity contribution in [2.75, 3.05) is 4.90 Å². The van der Waals surface area contributed by atoms with Gasteiger partial charge in [0.1, 0.15) is 0 Å². The zero-order valence-corrected chi connectivity index (χ0v) is 15.3. The molecule has 0 unspecified atom stereocenters. The summed E-state index contributed by atoms with van der Waals surface area (Å²) >= 11 is 0. The largest absolute Gasteiger partial charge is 0.449 e. The normalized spacial score (nSPS) is 17.2. The second-order valence-electron chi connectivity index (χ2n) is 6.72. The molecule has 0 aromatic heterocycles. The van der Waals surface area contributed by atoms with Crippen molar-refractivity contribution in [3.05, 3.63) is 71.3 Å². The van der Waals surface area contributed by atoms with Crippen LogP contribution in [0, 0.1) is 6.92 Å². The first-order chi connectivity index (χ1) is 12.5. The molecule has 0 saturated heterocycles. The third-order valence-corrected chi connectivity index (χ3v) is 4.54. The average molecular weight is 349 g/mol. The van der Waals surface area contributed by atoms with Crippen molar-refractivity contribution in [2.24, 2.45) is 0 Å². The molecule has 2 aromatic carbocycles. The van der Waals surface area contributed by atoms with Gasteiger partial charge < -0.3 is 9.64 Å². The minimum atomic E-state index is -0.835. The number of carbonyl (C=O) groups is 2. The summed E-state index contributed by atoms with van der Waals surface area (Å²) in [4.78, 5) is 26.6. The molecule has 4 heteroatoms. The predicted octanol–water partition coefficient (Wildman–Crippen LogP) is 3.92. The van der Waals surface area contributed by atoms with E-state index >= 15 is 0 Å². The molecule has 1 aliphatic heterocycles. The Morgan fingerprint density at radius 3 is 2.73 bits per heavy atom. The minimum absolute atomic E-state index is 0.0592. The van der Waals surface area contributed by atoms with Gasteiger partial charge in [-0.15, -0.1) is 0 Å². The van der Waals surface area contributed by atoms with Gasteiger partial charge in [-0.2, -0.15) is 0 Å². The lowest BCUT2D eigenvalue weighted by Gasteiger charge is -2.25. The molecule has 1 amide bonds. The van der Waals surface area contributed by atoms with E-state index in [1.54, 1.807) is 17.9 Å². The van der Waals surface area contributed by atoms with Crippen molar-refractivity contribution in [1.29, 1.82) is 0 Å². The van der Waals surface area contributed by atoms with Gasteiger partial charge in [0.2, 0.25) is 0 Å². The smallest absolute Gasteiger partial charge is 0.331 e. The number of fused-ring (bicyclic) bond motifs is 1. The van der Waals surface area contributed by atoms with Crippen molar-refractivity contribution in [3.8, 4) is 0 Å². The number of nitrogens with zero attached hydrogens (tertiary/aromatic N) is 1. The molecule has 3 rings (SSSR count). The molecule has 26 heavy (non-hydrogen) atoms. The van der Waals surface area contributed by atoms with Gasteiger partial charge in [0, 0.05) is 17.8 Å². The van der Waals surface area contributed by atoms with Gasteiger partial charge in [-0.1, -0.05) is 48.0 Å². The molecular weight excluding hydrogens is 326 g/mol. The van der Waals surface area contributed by atoms with Crippen LogP contribution in [0.25, 0.3) is 6.08 Å². The Labute approximate surface area is 154 Å². The fourth-order valence-corrected chi connectivity index (χ4v) is 3.30. The third-order valence-electron chi connectivity index (χ3n) is 4.54. The van der Waals surface area contributed by atoms with Crippen LogP contribution in [0.3, 0.4) is 0 Å². The van der Waals surface area contributed by atoms with E-state index in [0.717, 1.165) is 28.8 Å². The molecule has 2 aromatic rings. The number of rotatable bonds is 4. The highest BCUT2D eigenvalue weighted by atomic mass is 16.5. The van der Waals surface area contributed by atoms with E-state index in [2.05, 4.69) is 0 Å². The van der Waals surface area contributed by atoms with E-state index in [0.29, 0.717) is 0 Å². The summed E-state index contributed by atoms with van der Waals surface area (Å²) in [6.07, 6.45) is 3.04. The second-order valence-corrected chi connectivity index (χ2v) is 6.72. The molecule has 0 saturated carbocycles. The van der Waals surface area contributed by atoms with Crippen LogP contribution in [0.2, 0.25) is 0 Å². The molecule has 134 valence electrons. The van der Waals surface area contributed by atoms with Gasteiger partial charge in [-0.25, -0.2) is 4.79 Å². The molecule has 0 bridgehead atoms. The number of para-hydroxylation sites is 1. The number of amides is 1. The van der Waals surface area contributed by atoms with Gasteiger partial charge in [0.15, 0.2) is 6.10 Å². The van der Waals surface area contributed by atoms with Crippen LogP contribution < -0.4 is 4.90 Å². The van der Waals surface area contributed by atoms with Gasteiger partial charge in [-0.3, -0.25) is 4.79 Å². The van der Waals surface area contributed by atoms with Crippen molar-refractivity contribution < 1.29 is 14.3 Å². The molecule has 0 radical (unpaired) electrons. The van der Waals surface area contributed by atoms with Crippen LogP contribution in [0.1, 0.15) is 30.5 Å². The van der Waals surface area contributed by atoms with E-state index in [-0.39, 0.29) is 11.9 Å². The van der Waals surface area contributed by atoms with Crippen molar-refractivity contribution in [2.45, 2.75) is 39.3 Å². The maximum atomic E-state index is 12.8. The van der Waals surface area contributed by atoms with Crippen LogP contribution >= 0.6 is 0 Å². The zero-order valence-electron chi connectivity index (χ0n) is 15.3. The van der Waals surface area contributed by atoms with Crippen molar-refractivity contribution in [1.82, 2.24) is 0 Å². The molecule has 4 nitrogen and oxygen atoms in total. The molecule has 1 heterocycles. The Kier molecular flexibility index (Phi) is 5.21. The second kappa shape index (κ2) is 7.56. The molecule has 1 aliphatic rings. The number of esters is 1. The molecule has 0 spiro atoms. The number of carbonyl (C=O) groups excluding carboxylic acids is 2. The molecule has 0 aliphatic carbocycles. The Bertz CT molecular complexity index is 856. The quantitative estimate of drug-likeness (QED) is 0.621. The number of anilines is 1. The van der Waals surface area contributed by atoms with Crippen LogP contribution in [-0.4, -0.2) is 24.0 Å². The van der Waals surface area contributed by atoms with E-state index in [1.165, 1.54) is 6.08 Å². The van der Waals surface area contributed by atoms with Crippen LogP contribution in [0.5, 0.6) is 0 Å². The number of benzene rings is 2. The predicted molar refractivity (Wildman–Crippen MR) is 103 cm³/mol. The lowest BCUT2D eigenvalue weighted by atomic mass is 10.1. The number of hydrogen-bond donors (Lipinski definition) is 0. The lowest BCUT2D eigenvalue weighted by Crippen LogP contribution is -2.43. The van der Waals surface area contributed by atoms with Crippen LogP contribution in [0.15, 0.2) is 54.6 Å². The van der Waals surface area contributed by atoms with Crippen LogP contribution in [0.4, 0.5) is 5.69 Å². The fourth-order valence-electron chi connectivity index (χ4n) is 3.30. The third kappa shape index (κ3) is 3.85. The fraction of sp³-hybridized carbons (Fsp3) is 0.273. The van der Waals surface area contributed by atoms with Crippen LogP contribution in [-0.2, 0) is 20.7 Å². The zero-order chi connectivity index (χ0) is 18.7. The van der Waals surface area contributed by atoms with E-state index in [4.69, 9.17) is 4.74 Å². The van der Waals surface area contributed by atoms with Crippen molar-refractivity contribution >= 4 is 23.6 Å². The standard InChI is InChI=1S/C22H23NO3/c1-15-7-6-8-18(13-15)11-12-21(24)26-17(3)22(25)23-16(2)14-19-9-4-5-10-20(19)23/h4-13,16-17H,14H2,1-3H3/b12-11+/t16-,17+/m0/s1. The average Bonchev–Trinajstić information content (AvgIpc) is 2.95. The first kappa shape index (κ1) is 17.9. The van der Waals surface area contributed by atoms with Gasteiger partial charge >= 0.3 is 5.97 Å². The Hall–Kier alpha value is -2.88. The first-order valence-electron chi connectivity index (χ1n) is 8.82. The topological polar surface area (TPSA) is 46.6 Å². The SMILES string of the molecule is Cc1cccc(/C=C/C(=O)O[C@H](C)C(=O)N2c3ccccc3C[C@@H]2C)c1. The van der Waals surface area contributed by atoms with E-state index < -0.39 is 12.1 Å². The molecule has 0 fully saturated rings.